The van der Waals surface area contributed by atoms with Crippen LogP contribution in [0.5, 0.6) is 11.5 Å². The number of amides is 1. The number of benzene rings is 2. The van der Waals surface area contributed by atoms with Gasteiger partial charge in [-0.15, -0.1) is 4.83 Å². The van der Waals surface area contributed by atoms with Crippen LogP contribution in [0.1, 0.15) is 29.8 Å². The molecule has 1 amide bonds. The van der Waals surface area contributed by atoms with Crippen molar-refractivity contribution >= 4 is 27.5 Å². The van der Waals surface area contributed by atoms with Gasteiger partial charge in [0.05, 0.1) is 18.2 Å². The highest BCUT2D eigenvalue weighted by atomic mass is 35.5. The van der Waals surface area contributed by atoms with E-state index in [0.29, 0.717) is 11.5 Å². The Labute approximate surface area is 163 Å². The molecule has 0 saturated heterocycles. The van der Waals surface area contributed by atoms with Crippen molar-refractivity contribution in [2.75, 3.05) is 7.11 Å². The predicted octanol–water partition coefficient (Wildman–Crippen LogP) is 3.07. The molecule has 0 radical (unpaired) electrons. The van der Waals surface area contributed by atoms with Gasteiger partial charge >= 0.3 is 0 Å². The van der Waals surface area contributed by atoms with Crippen molar-refractivity contribution in [3.05, 3.63) is 52.5 Å². The fraction of sp³-hybridized carbons (Fsp3) is 0.278. The van der Waals surface area contributed by atoms with Crippen LogP contribution in [0.3, 0.4) is 0 Å². The van der Waals surface area contributed by atoms with Crippen molar-refractivity contribution in [1.82, 2.24) is 10.3 Å². The maximum absolute atomic E-state index is 12.3. The van der Waals surface area contributed by atoms with Gasteiger partial charge in [-0.3, -0.25) is 10.2 Å². The van der Waals surface area contributed by atoms with Crippen molar-refractivity contribution in [3.63, 3.8) is 0 Å². The summed E-state index contributed by atoms with van der Waals surface area (Å²) in [6.07, 6.45) is -0.0651. The van der Waals surface area contributed by atoms with Crippen LogP contribution in [0, 0.1) is 6.92 Å². The van der Waals surface area contributed by atoms with E-state index < -0.39 is 15.9 Å². The lowest BCUT2D eigenvalue weighted by Gasteiger charge is -2.15. The van der Waals surface area contributed by atoms with Crippen LogP contribution in [-0.4, -0.2) is 27.5 Å². The minimum absolute atomic E-state index is 0.0635. The summed E-state index contributed by atoms with van der Waals surface area (Å²) in [5.74, 6) is 0.188. The van der Waals surface area contributed by atoms with Crippen molar-refractivity contribution in [2.24, 2.45) is 0 Å². The first-order valence-electron chi connectivity index (χ1n) is 8.07. The Morgan fingerprint density at radius 1 is 1.11 bits per heavy atom. The van der Waals surface area contributed by atoms with Gasteiger partial charge in [0.25, 0.3) is 15.9 Å². The molecule has 0 heterocycles. The summed E-state index contributed by atoms with van der Waals surface area (Å²) >= 11 is 5.98. The molecule has 7 nitrogen and oxygen atoms in total. The van der Waals surface area contributed by atoms with Gasteiger partial charge in [-0.05, 0) is 56.7 Å². The summed E-state index contributed by atoms with van der Waals surface area (Å²) < 4.78 is 35.5. The van der Waals surface area contributed by atoms with E-state index in [9.17, 15) is 13.2 Å². The molecule has 0 spiro atoms. The van der Waals surface area contributed by atoms with E-state index in [0.717, 1.165) is 5.56 Å². The highest BCUT2D eigenvalue weighted by molar-refractivity contribution is 7.89. The van der Waals surface area contributed by atoms with Gasteiger partial charge in [0.2, 0.25) is 0 Å². The molecule has 0 unspecified atom stereocenters. The Bertz CT molecular complexity index is 945. The third-order valence-electron chi connectivity index (χ3n) is 3.46. The Balaban J connectivity index is 2.15. The van der Waals surface area contributed by atoms with Crippen LogP contribution in [0.15, 0.2) is 41.3 Å². The van der Waals surface area contributed by atoms with Gasteiger partial charge in [0, 0.05) is 5.56 Å². The van der Waals surface area contributed by atoms with E-state index in [1.807, 2.05) is 18.7 Å². The van der Waals surface area contributed by atoms with Crippen LogP contribution in [0.4, 0.5) is 0 Å². The van der Waals surface area contributed by atoms with Crippen LogP contribution >= 0.6 is 11.6 Å². The third kappa shape index (κ3) is 5.35. The zero-order valence-electron chi connectivity index (χ0n) is 15.4. The number of ether oxygens (including phenoxy) is 2. The van der Waals surface area contributed by atoms with Crippen LogP contribution in [-0.2, 0) is 10.0 Å². The fourth-order valence-electron chi connectivity index (χ4n) is 2.22. The number of methoxy groups -OCH3 is 1. The van der Waals surface area contributed by atoms with Gasteiger partial charge in [0.1, 0.15) is 4.90 Å². The third-order valence-corrected chi connectivity index (χ3v) is 5.19. The lowest BCUT2D eigenvalue weighted by molar-refractivity contribution is 0.0944. The van der Waals surface area contributed by atoms with Crippen molar-refractivity contribution < 1.29 is 22.7 Å². The van der Waals surface area contributed by atoms with Crippen molar-refractivity contribution in [2.45, 2.75) is 31.8 Å². The summed E-state index contributed by atoms with van der Waals surface area (Å²) in [6, 6.07) is 9.05. The molecule has 0 aliphatic heterocycles. The molecule has 2 rings (SSSR count). The number of halogens is 1. The van der Waals surface area contributed by atoms with Crippen molar-refractivity contribution in [3.8, 4) is 11.5 Å². The molecule has 0 fully saturated rings. The summed E-state index contributed by atoms with van der Waals surface area (Å²) in [7, 11) is -2.57. The molecule has 0 aromatic heterocycles. The number of carbonyl (C=O) groups is 1. The Hall–Kier alpha value is -2.29. The largest absolute Gasteiger partial charge is 0.493 e. The maximum Gasteiger partial charge on any atom is 0.266 e. The number of nitrogens with one attached hydrogen (secondary N) is 2. The van der Waals surface area contributed by atoms with E-state index in [1.165, 1.54) is 31.4 Å². The van der Waals surface area contributed by atoms with E-state index in [2.05, 4.69) is 5.43 Å². The molecule has 146 valence electrons. The summed E-state index contributed by atoms with van der Waals surface area (Å²) in [5.41, 5.74) is 3.17. The van der Waals surface area contributed by atoms with Gasteiger partial charge in [0.15, 0.2) is 11.5 Å². The molecule has 2 aromatic rings. The molecule has 0 aliphatic carbocycles. The minimum Gasteiger partial charge on any atom is -0.493 e. The Kier molecular flexibility index (Phi) is 6.69. The molecule has 2 aromatic carbocycles. The fourth-order valence-corrected chi connectivity index (χ4v) is 3.66. The molecular weight excluding hydrogens is 392 g/mol. The number of carbonyl (C=O) groups excluding carboxylic acids is 1. The number of hydrazine groups is 1. The second-order valence-electron chi connectivity index (χ2n) is 6.03. The number of sulfonamides is 1. The first-order valence-corrected chi connectivity index (χ1v) is 9.93. The average Bonchev–Trinajstić information content (AvgIpc) is 2.59. The lowest BCUT2D eigenvalue weighted by Crippen LogP contribution is -2.41. The zero-order valence-corrected chi connectivity index (χ0v) is 16.9. The highest BCUT2D eigenvalue weighted by Gasteiger charge is 2.20. The SMILES string of the molecule is COc1cc(C(=O)NNS(=O)(=O)c2ccc(C)cc2Cl)ccc1OC(C)C. The van der Waals surface area contributed by atoms with Gasteiger partial charge in [-0.25, -0.2) is 8.42 Å². The van der Waals surface area contributed by atoms with E-state index in [1.54, 1.807) is 19.1 Å². The summed E-state index contributed by atoms with van der Waals surface area (Å²) in [6.45, 7) is 5.52. The average molecular weight is 413 g/mol. The molecular formula is C18H21ClN2O5S. The zero-order chi connectivity index (χ0) is 20.2. The number of aryl methyl sites for hydroxylation is 1. The molecule has 0 bridgehead atoms. The number of rotatable bonds is 7. The maximum atomic E-state index is 12.3. The van der Waals surface area contributed by atoms with Crippen LogP contribution < -0.4 is 19.7 Å². The lowest BCUT2D eigenvalue weighted by atomic mass is 10.2. The Morgan fingerprint density at radius 3 is 2.41 bits per heavy atom. The monoisotopic (exact) mass is 412 g/mol. The second-order valence-corrected chi connectivity index (χ2v) is 8.08. The highest BCUT2D eigenvalue weighted by Crippen LogP contribution is 2.29. The molecule has 0 aliphatic rings. The van der Waals surface area contributed by atoms with Gasteiger partial charge in [-0.2, -0.15) is 0 Å². The summed E-state index contributed by atoms with van der Waals surface area (Å²) in [4.78, 5) is 14.2. The molecule has 2 N–H and O–H groups in total. The van der Waals surface area contributed by atoms with Crippen LogP contribution in [0.2, 0.25) is 5.02 Å². The summed E-state index contributed by atoms with van der Waals surface area (Å²) in [5, 5.41) is 0.0635. The molecule has 0 atom stereocenters. The predicted molar refractivity (Wildman–Crippen MR) is 103 cm³/mol. The normalized spacial score (nSPS) is 11.3. The Morgan fingerprint density at radius 2 is 1.81 bits per heavy atom. The van der Waals surface area contributed by atoms with E-state index >= 15 is 0 Å². The van der Waals surface area contributed by atoms with Gasteiger partial charge in [-0.1, -0.05) is 17.7 Å². The minimum atomic E-state index is -4.02. The van der Waals surface area contributed by atoms with Crippen LogP contribution in [0.25, 0.3) is 0 Å². The molecule has 9 heteroatoms. The van der Waals surface area contributed by atoms with E-state index in [-0.39, 0.29) is 21.6 Å². The van der Waals surface area contributed by atoms with Crippen molar-refractivity contribution in [1.29, 1.82) is 0 Å². The second kappa shape index (κ2) is 8.60. The number of hydrogen-bond donors (Lipinski definition) is 2. The standard InChI is InChI=1S/C18H21ClN2O5S/c1-11(2)26-15-7-6-13(10-16(15)25-4)18(22)20-21-27(23,24)17-8-5-12(3)9-14(17)19/h5-11,21H,1-4H3,(H,20,22). The smallest absolute Gasteiger partial charge is 0.266 e. The molecule has 27 heavy (non-hydrogen) atoms. The quantitative estimate of drug-likeness (QED) is 0.681. The number of hydrogen-bond acceptors (Lipinski definition) is 5. The molecule has 0 saturated carbocycles. The van der Waals surface area contributed by atoms with E-state index in [4.69, 9.17) is 21.1 Å². The van der Waals surface area contributed by atoms with Gasteiger partial charge < -0.3 is 9.47 Å². The first kappa shape index (κ1) is 21.0. The topological polar surface area (TPSA) is 93.7 Å². The first-order chi connectivity index (χ1) is 12.6.